The van der Waals surface area contributed by atoms with Crippen LogP contribution in [-0.4, -0.2) is 17.0 Å². The predicted octanol–water partition coefficient (Wildman–Crippen LogP) is 4.12. The third-order valence-electron chi connectivity index (χ3n) is 4.25. The topological polar surface area (TPSA) is 34.0 Å². The van der Waals surface area contributed by atoms with E-state index in [-0.39, 0.29) is 5.91 Å². The standard InChI is InChI=1S/C20H21ClN2O/c1-23-14-16(18-4-2-3-5-19(18)23)8-11-20(24)22-13-12-15-6-9-17(21)10-7-15/h2-7,9-10,14H,8,11-13H2,1H3,(H,22,24). The molecule has 1 N–H and O–H groups in total. The molecular formula is C20H21ClN2O. The molecule has 24 heavy (non-hydrogen) atoms. The summed E-state index contributed by atoms with van der Waals surface area (Å²) in [6.07, 6.45) is 4.20. The zero-order valence-electron chi connectivity index (χ0n) is 13.8. The van der Waals surface area contributed by atoms with Crippen LogP contribution in [0.2, 0.25) is 5.02 Å². The van der Waals surface area contributed by atoms with Gasteiger partial charge in [0.1, 0.15) is 0 Å². The van der Waals surface area contributed by atoms with Gasteiger partial charge >= 0.3 is 0 Å². The number of carbonyl (C=O) groups excluding carboxylic acids is 1. The number of nitrogens with zero attached hydrogens (tertiary/aromatic N) is 1. The summed E-state index contributed by atoms with van der Waals surface area (Å²) in [4.78, 5) is 12.1. The number of para-hydroxylation sites is 1. The minimum atomic E-state index is 0.0943. The van der Waals surface area contributed by atoms with Crippen molar-refractivity contribution in [1.29, 1.82) is 0 Å². The van der Waals surface area contributed by atoms with Crippen LogP contribution in [0.4, 0.5) is 0 Å². The van der Waals surface area contributed by atoms with E-state index in [1.807, 2.05) is 43.4 Å². The van der Waals surface area contributed by atoms with Crippen molar-refractivity contribution in [3.8, 4) is 0 Å². The second kappa shape index (κ2) is 7.54. The summed E-state index contributed by atoms with van der Waals surface area (Å²) in [5, 5.41) is 4.96. The molecule has 0 fully saturated rings. The predicted molar refractivity (Wildman–Crippen MR) is 99.4 cm³/mol. The van der Waals surface area contributed by atoms with Crippen molar-refractivity contribution in [3.05, 3.63) is 70.9 Å². The molecule has 1 heterocycles. The van der Waals surface area contributed by atoms with E-state index >= 15 is 0 Å². The molecule has 0 spiro atoms. The zero-order chi connectivity index (χ0) is 16.9. The second-order valence-corrected chi connectivity index (χ2v) is 6.45. The highest BCUT2D eigenvalue weighted by molar-refractivity contribution is 6.30. The van der Waals surface area contributed by atoms with Gasteiger partial charge in [0.2, 0.25) is 5.91 Å². The number of hydrogen-bond acceptors (Lipinski definition) is 1. The van der Waals surface area contributed by atoms with E-state index in [4.69, 9.17) is 11.6 Å². The van der Waals surface area contributed by atoms with Gasteiger partial charge in [0.05, 0.1) is 0 Å². The fourth-order valence-electron chi connectivity index (χ4n) is 2.96. The van der Waals surface area contributed by atoms with E-state index in [1.54, 1.807) is 0 Å². The summed E-state index contributed by atoms with van der Waals surface area (Å²) < 4.78 is 2.11. The van der Waals surface area contributed by atoms with Crippen molar-refractivity contribution in [2.45, 2.75) is 19.3 Å². The average Bonchev–Trinajstić information content (AvgIpc) is 2.91. The van der Waals surface area contributed by atoms with E-state index < -0.39 is 0 Å². The molecule has 0 bridgehead atoms. The maximum absolute atomic E-state index is 12.1. The van der Waals surface area contributed by atoms with Crippen LogP contribution < -0.4 is 5.32 Å². The molecule has 0 aliphatic rings. The van der Waals surface area contributed by atoms with Gasteiger partial charge in [0, 0.05) is 42.1 Å². The SMILES string of the molecule is Cn1cc(CCC(=O)NCCc2ccc(Cl)cc2)c2ccccc21. The highest BCUT2D eigenvalue weighted by Crippen LogP contribution is 2.21. The Labute approximate surface area is 147 Å². The first-order valence-corrected chi connectivity index (χ1v) is 8.55. The molecule has 0 radical (unpaired) electrons. The van der Waals surface area contributed by atoms with Crippen LogP contribution in [0.15, 0.2) is 54.7 Å². The lowest BCUT2D eigenvalue weighted by atomic mass is 10.1. The Kier molecular flexibility index (Phi) is 5.21. The number of fused-ring (bicyclic) bond motifs is 1. The average molecular weight is 341 g/mol. The number of nitrogens with one attached hydrogen (secondary N) is 1. The molecule has 0 atom stereocenters. The van der Waals surface area contributed by atoms with Crippen molar-refractivity contribution >= 4 is 28.4 Å². The molecule has 0 aliphatic carbocycles. The highest BCUT2D eigenvalue weighted by atomic mass is 35.5. The van der Waals surface area contributed by atoms with Crippen LogP contribution in [0.5, 0.6) is 0 Å². The largest absolute Gasteiger partial charge is 0.356 e. The Morgan fingerprint density at radius 1 is 1.08 bits per heavy atom. The van der Waals surface area contributed by atoms with Crippen molar-refractivity contribution in [2.24, 2.45) is 7.05 Å². The Bertz CT molecular complexity index is 836. The number of halogens is 1. The number of hydrogen-bond donors (Lipinski definition) is 1. The number of carbonyl (C=O) groups is 1. The van der Waals surface area contributed by atoms with Gasteiger partial charge in [-0.05, 0) is 42.2 Å². The lowest BCUT2D eigenvalue weighted by Gasteiger charge is -2.05. The fourth-order valence-corrected chi connectivity index (χ4v) is 3.08. The third-order valence-corrected chi connectivity index (χ3v) is 4.50. The van der Waals surface area contributed by atoms with Crippen LogP contribution in [0.3, 0.4) is 0 Å². The van der Waals surface area contributed by atoms with Gasteiger partial charge in [0.15, 0.2) is 0 Å². The van der Waals surface area contributed by atoms with Gasteiger partial charge in [0.25, 0.3) is 0 Å². The monoisotopic (exact) mass is 340 g/mol. The van der Waals surface area contributed by atoms with Gasteiger partial charge in [-0.2, -0.15) is 0 Å². The molecule has 0 aliphatic heterocycles. The van der Waals surface area contributed by atoms with Gasteiger partial charge in [-0.3, -0.25) is 4.79 Å². The molecule has 0 saturated heterocycles. The Morgan fingerprint density at radius 3 is 2.62 bits per heavy atom. The molecule has 1 aromatic heterocycles. The van der Waals surface area contributed by atoms with Crippen molar-refractivity contribution in [2.75, 3.05) is 6.54 Å². The minimum absolute atomic E-state index is 0.0943. The van der Waals surface area contributed by atoms with Crippen molar-refractivity contribution < 1.29 is 4.79 Å². The zero-order valence-corrected chi connectivity index (χ0v) is 14.5. The molecule has 1 amide bonds. The van der Waals surface area contributed by atoms with Gasteiger partial charge < -0.3 is 9.88 Å². The molecule has 3 rings (SSSR count). The van der Waals surface area contributed by atoms with Crippen LogP contribution in [0.1, 0.15) is 17.5 Å². The Hall–Kier alpha value is -2.26. The molecule has 3 nitrogen and oxygen atoms in total. The summed E-state index contributed by atoms with van der Waals surface area (Å²) in [5.41, 5.74) is 3.60. The number of benzene rings is 2. The van der Waals surface area contributed by atoms with E-state index in [9.17, 15) is 4.79 Å². The normalized spacial score (nSPS) is 10.9. The number of amides is 1. The van der Waals surface area contributed by atoms with Crippen molar-refractivity contribution in [3.63, 3.8) is 0 Å². The minimum Gasteiger partial charge on any atom is -0.356 e. The number of aryl methyl sites for hydroxylation is 2. The maximum Gasteiger partial charge on any atom is 0.220 e. The first-order valence-electron chi connectivity index (χ1n) is 8.17. The number of rotatable bonds is 6. The third kappa shape index (κ3) is 3.98. The molecule has 2 aromatic carbocycles. The summed E-state index contributed by atoms with van der Waals surface area (Å²) in [6.45, 7) is 0.649. The molecule has 0 unspecified atom stereocenters. The van der Waals surface area contributed by atoms with Gasteiger partial charge in [-0.15, -0.1) is 0 Å². The summed E-state index contributed by atoms with van der Waals surface area (Å²) >= 11 is 5.87. The smallest absolute Gasteiger partial charge is 0.220 e. The quantitative estimate of drug-likeness (QED) is 0.719. The van der Waals surface area contributed by atoms with Crippen molar-refractivity contribution in [1.82, 2.24) is 9.88 Å². The summed E-state index contributed by atoms with van der Waals surface area (Å²) in [7, 11) is 2.04. The molecule has 0 saturated carbocycles. The lowest BCUT2D eigenvalue weighted by molar-refractivity contribution is -0.121. The van der Waals surface area contributed by atoms with Gasteiger partial charge in [-0.1, -0.05) is 41.9 Å². The highest BCUT2D eigenvalue weighted by Gasteiger charge is 2.08. The first kappa shape index (κ1) is 16.6. The molecule has 124 valence electrons. The first-order chi connectivity index (χ1) is 11.6. The maximum atomic E-state index is 12.1. The second-order valence-electron chi connectivity index (χ2n) is 6.01. The van der Waals surface area contributed by atoms with Crippen LogP contribution >= 0.6 is 11.6 Å². The van der Waals surface area contributed by atoms with Crippen LogP contribution in [0.25, 0.3) is 10.9 Å². The van der Waals surface area contributed by atoms with E-state index in [0.717, 1.165) is 17.9 Å². The Balaban J connectivity index is 1.49. The van der Waals surface area contributed by atoms with Crippen LogP contribution in [-0.2, 0) is 24.7 Å². The summed E-state index contributed by atoms with van der Waals surface area (Å²) in [5.74, 6) is 0.0943. The summed E-state index contributed by atoms with van der Waals surface area (Å²) in [6, 6.07) is 16.0. The van der Waals surface area contributed by atoms with Gasteiger partial charge in [-0.25, -0.2) is 0 Å². The van der Waals surface area contributed by atoms with E-state index in [1.165, 1.54) is 22.0 Å². The lowest BCUT2D eigenvalue weighted by Crippen LogP contribution is -2.25. The van der Waals surface area contributed by atoms with Crippen LogP contribution in [0, 0.1) is 0 Å². The molecule has 3 aromatic rings. The fraction of sp³-hybridized carbons (Fsp3) is 0.250. The molecular weight excluding hydrogens is 320 g/mol. The van der Waals surface area contributed by atoms with E-state index in [0.29, 0.717) is 13.0 Å². The Morgan fingerprint density at radius 2 is 1.83 bits per heavy atom. The van der Waals surface area contributed by atoms with E-state index in [2.05, 4.69) is 28.2 Å². The number of aromatic nitrogens is 1. The molecule has 4 heteroatoms.